The van der Waals surface area contributed by atoms with E-state index in [2.05, 4.69) is 43.1 Å². The zero-order valence-corrected chi connectivity index (χ0v) is 12.4. The third-order valence-electron chi connectivity index (χ3n) is 3.30. The van der Waals surface area contributed by atoms with Gasteiger partial charge < -0.3 is 0 Å². The van der Waals surface area contributed by atoms with Gasteiger partial charge in [-0.3, -0.25) is 4.98 Å². The number of thioether (sulfide) groups is 1. The molecular formula is C17H16N2S. The molecule has 0 bridgehead atoms. The number of fused-ring (bicyclic) bond motifs is 1. The molecule has 0 fully saturated rings. The van der Waals surface area contributed by atoms with Crippen LogP contribution in [0.15, 0.2) is 69.2 Å². The number of nitrogens with zero attached hydrogens (tertiary/aromatic N) is 2. The Morgan fingerprint density at radius 2 is 1.85 bits per heavy atom. The molecule has 20 heavy (non-hydrogen) atoms. The summed E-state index contributed by atoms with van der Waals surface area (Å²) in [4.78, 5) is 11.9. The van der Waals surface area contributed by atoms with Crippen molar-refractivity contribution in [2.24, 2.45) is 4.99 Å². The Hall–Kier alpha value is -1.87. The molecule has 0 aliphatic carbocycles. The van der Waals surface area contributed by atoms with E-state index in [1.165, 1.54) is 15.4 Å². The fourth-order valence-electron chi connectivity index (χ4n) is 2.28. The molecule has 1 aliphatic heterocycles. The number of aromatic nitrogens is 1. The van der Waals surface area contributed by atoms with Gasteiger partial charge in [0.2, 0.25) is 0 Å². The molecule has 0 amide bonds. The minimum absolute atomic E-state index is 0.932. The number of allylic oxidation sites excluding steroid dienone is 2. The van der Waals surface area contributed by atoms with E-state index in [4.69, 9.17) is 4.99 Å². The van der Waals surface area contributed by atoms with Crippen LogP contribution in [0.25, 0.3) is 0 Å². The maximum Gasteiger partial charge on any atom is 0.0973 e. The molecule has 0 saturated heterocycles. The van der Waals surface area contributed by atoms with Gasteiger partial charge in [-0.1, -0.05) is 43.0 Å². The summed E-state index contributed by atoms with van der Waals surface area (Å²) in [5.41, 5.74) is 4.22. The van der Waals surface area contributed by atoms with Gasteiger partial charge >= 0.3 is 0 Å². The quantitative estimate of drug-likeness (QED) is 0.799. The first kappa shape index (κ1) is 13.1. The highest BCUT2D eigenvalue weighted by atomic mass is 32.2. The third-order valence-corrected chi connectivity index (χ3v) is 4.42. The van der Waals surface area contributed by atoms with E-state index >= 15 is 0 Å². The van der Waals surface area contributed by atoms with Gasteiger partial charge in [0.05, 0.1) is 17.1 Å². The molecule has 3 heteroatoms. The number of hydrogen-bond acceptors (Lipinski definition) is 3. The van der Waals surface area contributed by atoms with Crippen LogP contribution in [0.2, 0.25) is 0 Å². The van der Waals surface area contributed by atoms with E-state index in [1.807, 2.05) is 24.4 Å². The van der Waals surface area contributed by atoms with Gasteiger partial charge in [-0.15, -0.1) is 0 Å². The topological polar surface area (TPSA) is 25.2 Å². The molecule has 0 spiro atoms. The predicted octanol–water partition coefficient (Wildman–Crippen LogP) is 4.67. The van der Waals surface area contributed by atoms with Crippen LogP contribution in [0.3, 0.4) is 0 Å². The van der Waals surface area contributed by atoms with Crippen molar-refractivity contribution in [3.8, 4) is 0 Å². The molecule has 0 radical (unpaired) electrons. The fourth-order valence-corrected chi connectivity index (χ4v) is 3.33. The molecule has 1 aromatic carbocycles. The molecule has 100 valence electrons. The van der Waals surface area contributed by atoms with Gasteiger partial charge in [-0.2, -0.15) is 0 Å². The van der Waals surface area contributed by atoms with Crippen LogP contribution in [0.4, 0.5) is 0 Å². The zero-order chi connectivity index (χ0) is 13.9. The SMILES string of the molecule is CCC1=C(C)Sc2ccccc2C(c2ccccn2)=N1. The third kappa shape index (κ3) is 2.41. The normalized spacial score (nSPS) is 14.6. The summed E-state index contributed by atoms with van der Waals surface area (Å²) >= 11 is 1.80. The molecule has 2 aromatic rings. The van der Waals surface area contributed by atoms with Crippen LogP contribution >= 0.6 is 11.8 Å². The van der Waals surface area contributed by atoms with Crippen molar-refractivity contribution < 1.29 is 0 Å². The second-order valence-corrected chi connectivity index (χ2v) is 5.89. The second kappa shape index (κ2) is 5.63. The number of aliphatic imine (C=N–C) groups is 1. The number of hydrogen-bond donors (Lipinski definition) is 0. The lowest BCUT2D eigenvalue weighted by atomic mass is 10.1. The number of benzene rings is 1. The maximum atomic E-state index is 4.90. The molecule has 2 heterocycles. The van der Waals surface area contributed by atoms with Crippen LogP contribution < -0.4 is 0 Å². The molecule has 0 unspecified atom stereocenters. The molecule has 2 nitrogen and oxygen atoms in total. The van der Waals surface area contributed by atoms with E-state index < -0.39 is 0 Å². The lowest BCUT2D eigenvalue weighted by Gasteiger charge is -2.08. The zero-order valence-electron chi connectivity index (χ0n) is 11.6. The summed E-state index contributed by atoms with van der Waals surface area (Å²) in [6, 6.07) is 14.4. The monoisotopic (exact) mass is 280 g/mol. The van der Waals surface area contributed by atoms with Crippen LogP contribution in [0.5, 0.6) is 0 Å². The largest absolute Gasteiger partial charge is 0.255 e. The van der Waals surface area contributed by atoms with Crippen LogP contribution in [-0.2, 0) is 0 Å². The Morgan fingerprint density at radius 1 is 1.05 bits per heavy atom. The van der Waals surface area contributed by atoms with Gasteiger partial charge in [0, 0.05) is 21.6 Å². The van der Waals surface area contributed by atoms with Crippen LogP contribution in [0.1, 0.15) is 31.5 Å². The van der Waals surface area contributed by atoms with E-state index in [0.29, 0.717) is 0 Å². The van der Waals surface area contributed by atoms with Crippen molar-refractivity contribution in [2.45, 2.75) is 25.2 Å². The smallest absolute Gasteiger partial charge is 0.0973 e. The average molecular weight is 280 g/mol. The number of pyridine rings is 1. The standard InChI is InChI=1S/C17H16N2S/c1-3-14-12(2)20-16-10-5-4-8-13(16)17(19-14)15-9-6-7-11-18-15/h4-11H,3H2,1-2H3. The minimum Gasteiger partial charge on any atom is -0.255 e. The van der Waals surface area contributed by atoms with Crippen molar-refractivity contribution in [3.63, 3.8) is 0 Å². The first-order valence-electron chi connectivity index (χ1n) is 6.76. The van der Waals surface area contributed by atoms with E-state index in [0.717, 1.165) is 23.5 Å². The molecule has 0 saturated carbocycles. The first-order valence-corrected chi connectivity index (χ1v) is 7.58. The maximum absolute atomic E-state index is 4.90. The lowest BCUT2D eigenvalue weighted by Crippen LogP contribution is -2.06. The molecule has 0 N–H and O–H groups in total. The Labute approximate surface area is 123 Å². The summed E-state index contributed by atoms with van der Waals surface area (Å²) in [6.45, 7) is 4.29. The summed E-state index contributed by atoms with van der Waals surface area (Å²) in [6.07, 6.45) is 2.75. The Bertz CT molecular complexity index is 687. The van der Waals surface area contributed by atoms with Crippen molar-refractivity contribution >= 4 is 17.5 Å². The summed E-state index contributed by atoms with van der Waals surface area (Å²) in [7, 11) is 0. The highest BCUT2D eigenvalue weighted by molar-refractivity contribution is 8.03. The first-order chi connectivity index (χ1) is 9.79. The van der Waals surface area contributed by atoms with Gasteiger partial charge in [0.25, 0.3) is 0 Å². The predicted molar refractivity (Wildman–Crippen MR) is 85.2 cm³/mol. The summed E-state index contributed by atoms with van der Waals surface area (Å²) < 4.78 is 0. The highest BCUT2D eigenvalue weighted by Gasteiger charge is 2.18. The minimum atomic E-state index is 0.932. The second-order valence-electron chi connectivity index (χ2n) is 4.63. The van der Waals surface area contributed by atoms with E-state index in [1.54, 1.807) is 11.8 Å². The Morgan fingerprint density at radius 3 is 2.60 bits per heavy atom. The Balaban J connectivity index is 2.24. The van der Waals surface area contributed by atoms with Gasteiger partial charge in [-0.05, 0) is 31.5 Å². The van der Waals surface area contributed by atoms with Crippen molar-refractivity contribution in [2.75, 3.05) is 0 Å². The summed E-state index contributed by atoms with van der Waals surface area (Å²) in [5.74, 6) is 0. The summed E-state index contributed by atoms with van der Waals surface area (Å²) in [5, 5.41) is 0. The molecular weight excluding hydrogens is 264 g/mol. The highest BCUT2D eigenvalue weighted by Crippen LogP contribution is 2.36. The van der Waals surface area contributed by atoms with Crippen molar-refractivity contribution in [3.05, 3.63) is 70.5 Å². The van der Waals surface area contributed by atoms with Crippen molar-refractivity contribution in [1.29, 1.82) is 0 Å². The fraction of sp³-hybridized carbons (Fsp3) is 0.176. The molecule has 1 aliphatic rings. The van der Waals surface area contributed by atoms with Crippen LogP contribution in [-0.4, -0.2) is 10.7 Å². The van der Waals surface area contributed by atoms with E-state index in [9.17, 15) is 0 Å². The molecule has 1 aromatic heterocycles. The molecule has 0 atom stereocenters. The van der Waals surface area contributed by atoms with Crippen molar-refractivity contribution in [1.82, 2.24) is 4.98 Å². The Kier molecular flexibility index (Phi) is 3.70. The van der Waals surface area contributed by atoms with Crippen LogP contribution in [0, 0.1) is 0 Å². The number of rotatable bonds is 2. The average Bonchev–Trinajstić information content (AvgIpc) is 2.64. The van der Waals surface area contributed by atoms with Gasteiger partial charge in [0.1, 0.15) is 0 Å². The van der Waals surface area contributed by atoms with Gasteiger partial charge in [-0.25, -0.2) is 4.99 Å². The van der Waals surface area contributed by atoms with E-state index in [-0.39, 0.29) is 0 Å². The lowest BCUT2D eigenvalue weighted by molar-refractivity contribution is 1.05. The van der Waals surface area contributed by atoms with Gasteiger partial charge in [0.15, 0.2) is 0 Å². The molecule has 3 rings (SSSR count).